The Kier molecular flexibility index (Phi) is 5.12. The maximum atomic E-state index is 12.0. The fraction of sp³-hybridized carbons (Fsp3) is 0.889. The maximum Gasteiger partial charge on any atom is 0.450 e. The SMILES string of the molecule is CCOCC(C)C(C)C(=O)C(F)(F)F. The van der Waals surface area contributed by atoms with Gasteiger partial charge in [0.25, 0.3) is 0 Å². The van der Waals surface area contributed by atoms with Crippen molar-refractivity contribution in [3.05, 3.63) is 0 Å². The van der Waals surface area contributed by atoms with Gasteiger partial charge < -0.3 is 4.74 Å². The van der Waals surface area contributed by atoms with Gasteiger partial charge in [-0.2, -0.15) is 13.2 Å². The van der Waals surface area contributed by atoms with Crippen molar-refractivity contribution in [2.24, 2.45) is 11.8 Å². The molecule has 0 saturated carbocycles. The summed E-state index contributed by atoms with van der Waals surface area (Å²) in [5, 5.41) is 0. The summed E-state index contributed by atoms with van der Waals surface area (Å²) in [5.74, 6) is -3.13. The molecule has 2 nitrogen and oxygen atoms in total. The minimum absolute atomic E-state index is 0.180. The van der Waals surface area contributed by atoms with Crippen molar-refractivity contribution >= 4 is 5.78 Å². The van der Waals surface area contributed by atoms with Gasteiger partial charge in [0, 0.05) is 19.1 Å². The highest BCUT2D eigenvalue weighted by Gasteiger charge is 2.42. The third-order valence-corrected chi connectivity index (χ3v) is 2.13. The molecule has 0 fully saturated rings. The Morgan fingerprint density at radius 2 is 1.86 bits per heavy atom. The predicted octanol–water partition coefficient (Wildman–Crippen LogP) is 2.43. The predicted molar refractivity (Wildman–Crippen MR) is 45.9 cm³/mol. The van der Waals surface area contributed by atoms with E-state index in [0.29, 0.717) is 6.61 Å². The molecule has 0 aromatic rings. The summed E-state index contributed by atoms with van der Waals surface area (Å²) in [6.07, 6.45) is -4.74. The summed E-state index contributed by atoms with van der Waals surface area (Å²) in [7, 11) is 0. The average molecular weight is 212 g/mol. The number of alkyl halides is 3. The summed E-state index contributed by atoms with van der Waals surface area (Å²) in [6.45, 7) is 5.23. The van der Waals surface area contributed by atoms with E-state index < -0.39 is 23.8 Å². The van der Waals surface area contributed by atoms with Crippen LogP contribution in [0.1, 0.15) is 20.8 Å². The van der Waals surface area contributed by atoms with Crippen molar-refractivity contribution < 1.29 is 22.7 Å². The number of rotatable bonds is 5. The van der Waals surface area contributed by atoms with Crippen molar-refractivity contribution in [2.45, 2.75) is 26.9 Å². The monoisotopic (exact) mass is 212 g/mol. The molecule has 14 heavy (non-hydrogen) atoms. The summed E-state index contributed by atoms with van der Waals surface area (Å²) in [5.41, 5.74) is 0. The first kappa shape index (κ1) is 13.4. The van der Waals surface area contributed by atoms with Crippen LogP contribution in [-0.2, 0) is 9.53 Å². The molecule has 0 amide bonds. The van der Waals surface area contributed by atoms with Gasteiger partial charge in [-0.15, -0.1) is 0 Å². The van der Waals surface area contributed by atoms with E-state index in [0.717, 1.165) is 0 Å². The largest absolute Gasteiger partial charge is 0.450 e. The van der Waals surface area contributed by atoms with Gasteiger partial charge in [-0.25, -0.2) is 0 Å². The zero-order valence-corrected chi connectivity index (χ0v) is 8.52. The van der Waals surface area contributed by atoms with Crippen LogP contribution in [0.5, 0.6) is 0 Å². The fourth-order valence-corrected chi connectivity index (χ4v) is 0.965. The second kappa shape index (κ2) is 5.34. The van der Waals surface area contributed by atoms with Gasteiger partial charge in [0.1, 0.15) is 0 Å². The van der Waals surface area contributed by atoms with Crippen molar-refractivity contribution in [1.29, 1.82) is 0 Å². The third-order valence-electron chi connectivity index (χ3n) is 2.13. The van der Waals surface area contributed by atoms with Gasteiger partial charge in [0.05, 0.1) is 0 Å². The van der Waals surface area contributed by atoms with E-state index in [4.69, 9.17) is 4.74 Å². The van der Waals surface area contributed by atoms with Gasteiger partial charge in [0.15, 0.2) is 0 Å². The fourth-order valence-electron chi connectivity index (χ4n) is 0.965. The smallest absolute Gasteiger partial charge is 0.381 e. The summed E-state index contributed by atoms with van der Waals surface area (Å²) in [6, 6.07) is 0. The van der Waals surface area contributed by atoms with Crippen LogP contribution in [0.3, 0.4) is 0 Å². The topological polar surface area (TPSA) is 26.3 Å². The average Bonchev–Trinajstić information content (AvgIpc) is 2.10. The number of Topliss-reactive ketones (excluding diaryl/α,β-unsaturated/α-hetero) is 1. The lowest BCUT2D eigenvalue weighted by Crippen LogP contribution is -2.33. The highest BCUT2D eigenvalue weighted by molar-refractivity contribution is 5.86. The number of ether oxygens (including phenoxy) is 1. The lowest BCUT2D eigenvalue weighted by Gasteiger charge is -2.19. The molecule has 5 heteroatoms. The quantitative estimate of drug-likeness (QED) is 0.699. The molecule has 0 rings (SSSR count). The first-order valence-corrected chi connectivity index (χ1v) is 4.49. The normalized spacial score (nSPS) is 16.4. The Hall–Kier alpha value is -0.580. The lowest BCUT2D eigenvalue weighted by atomic mass is 9.92. The van der Waals surface area contributed by atoms with Crippen LogP contribution in [0.2, 0.25) is 0 Å². The molecule has 0 aromatic carbocycles. The van der Waals surface area contributed by atoms with Crippen molar-refractivity contribution in [1.82, 2.24) is 0 Å². The van der Waals surface area contributed by atoms with Crippen LogP contribution in [0.15, 0.2) is 0 Å². The Balaban J connectivity index is 4.18. The highest BCUT2D eigenvalue weighted by Crippen LogP contribution is 2.25. The van der Waals surface area contributed by atoms with E-state index in [9.17, 15) is 18.0 Å². The molecule has 0 aliphatic carbocycles. The number of ketones is 1. The van der Waals surface area contributed by atoms with Crippen LogP contribution >= 0.6 is 0 Å². The van der Waals surface area contributed by atoms with E-state index in [1.54, 1.807) is 13.8 Å². The molecule has 0 N–H and O–H groups in total. The Morgan fingerprint density at radius 1 is 1.36 bits per heavy atom. The third kappa shape index (κ3) is 4.09. The van der Waals surface area contributed by atoms with Gasteiger partial charge in [0.2, 0.25) is 5.78 Å². The zero-order valence-electron chi connectivity index (χ0n) is 8.52. The molecule has 0 aliphatic heterocycles. The molecule has 84 valence electrons. The summed E-state index contributed by atoms with van der Waals surface area (Å²) in [4.78, 5) is 10.8. The highest BCUT2D eigenvalue weighted by atomic mass is 19.4. The van der Waals surface area contributed by atoms with Crippen molar-refractivity contribution in [3.8, 4) is 0 Å². The second-order valence-corrected chi connectivity index (χ2v) is 3.29. The Labute approximate surface area is 81.4 Å². The Morgan fingerprint density at radius 3 is 2.21 bits per heavy atom. The minimum atomic E-state index is -4.74. The molecule has 2 atom stereocenters. The van der Waals surface area contributed by atoms with Gasteiger partial charge in [-0.1, -0.05) is 13.8 Å². The Bertz CT molecular complexity index is 189. The number of halogens is 3. The number of hydrogen-bond donors (Lipinski definition) is 0. The molecule has 0 heterocycles. The second-order valence-electron chi connectivity index (χ2n) is 3.29. The summed E-state index contributed by atoms with van der Waals surface area (Å²) >= 11 is 0. The van der Waals surface area contributed by atoms with Gasteiger partial charge in [-0.05, 0) is 12.8 Å². The van der Waals surface area contributed by atoms with Crippen LogP contribution in [0.25, 0.3) is 0 Å². The summed E-state index contributed by atoms with van der Waals surface area (Å²) < 4.78 is 40.9. The first-order chi connectivity index (χ1) is 6.30. The van der Waals surface area contributed by atoms with E-state index >= 15 is 0 Å². The number of carbonyl (C=O) groups is 1. The van der Waals surface area contributed by atoms with E-state index in [2.05, 4.69) is 0 Å². The molecule has 2 unspecified atom stereocenters. The van der Waals surface area contributed by atoms with Gasteiger partial charge in [-0.3, -0.25) is 4.79 Å². The molecule has 0 saturated heterocycles. The van der Waals surface area contributed by atoms with Crippen LogP contribution in [-0.4, -0.2) is 25.2 Å². The van der Waals surface area contributed by atoms with Crippen molar-refractivity contribution in [3.63, 3.8) is 0 Å². The maximum absolute atomic E-state index is 12.0. The van der Waals surface area contributed by atoms with Crippen LogP contribution in [0.4, 0.5) is 13.2 Å². The van der Waals surface area contributed by atoms with E-state index in [1.165, 1.54) is 6.92 Å². The zero-order chi connectivity index (χ0) is 11.4. The number of carbonyl (C=O) groups excluding carboxylic acids is 1. The molecule has 0 bridgehead atoms. The molecule has 0 aliphatic rings. The molecule has 0 spiro atoms. The van der Waals surface area contributed by atoms with Crippen molar-refractivity contribution in [2.75, 3.05) is 13.2 Å². The molecular weight excluding hydrogens is 197 g/mol. The van der Waals surface area contributed by atoms with Gasteiger partial charge >= 0.3 is 6.18 Å². The molecule has 0 aromatic heterocycles. The van der Waals surface area contributed by atoms with E-state index in [-0.39, 0.29) is 6.61 Å². The standard InChI is InChI=1S/C9H15F3O2/c1-4-14-5-6(2)7(3)8(13)9(10,11)12/h6-7H,4-5H2,1-3H3. The van der Waals surface area contributed by atoms with E-state index in [1.807, 2.05) is 0 Å². The number of hydrogen-bond acceptors (Lipinski definition) is 2. The van der Waals surface area contributed by atoms with Crippen LogP contribution in [0, 0.1) is 11.8 Å². The molecule has 0 radical (unpaired) electrons. The first-order valence-electron chi connectivity index (χ1n) is 4.49. The minimum Gasteiger partial charge on any atom is -0.381 e. The van der Waals surface area contributed by atoms with Crippen LogP contribution < -0.4 is 0 Å². The molecular formula is C9H15F3O2. The lowest BCUT2D eigenvalue weighted by molar-refractivity contribution is -0.177.